The van der Waals surface area contributed by atoms with Gasteiger partial charge in [-0.1, -0.05) is 11.1 Å². The van der Waals surface area contributed by atoms with E-state index in [4.69, 9.17) is 9.47 Å². The van der Waals surface area contributed by atoms with Crippen LogP contribution >= 0.6 is 0 Å². The Morgan fingerprint density at radius 3 is 2.75 bits per heavy atom. The number of aryl methyl sites for hydroxylation is 1. The van der Waals surface area contributed by atoms with E-state index in [-0.39, 0.29) is 11.9 Å². The van der Waals surface area contributed by atoms with Gasteiger partial charge in [0.05, 0.1) is 13.2 Å². The minimum Gasteiger partial charge on any atom is -0.492 e. The van der Waals surface area contributed by atoms with Crippen molar-refractivity contribution >= 4 is 23.7 Å². The Bertz CT molecular complexity index is 1100. The van der Waals surface area contributed by atoms with Crippen LogP contribution in [0, 0.1) is 6.92 Å². The number of imide groups is 1. The van der Waals surface area contributed by atoms with Gasteiger partial charge in [-0.05, 0) is 19.1 Å². The van der Waals surface area contributed by atoms with Crippen molar-refractivity contribution in [1.82, 2.24) is 19.3 Å². The van der Waals surface area contributed by atoms with Crippen molar-refractivity contribution < 1.29 is 23.6 Å². The zero-order valence-electron chi connectivity index (χ0n) is 18.5. The SMILES string of the molecule is Cc1c[n+]2c(n1-c1cccc(OCCN3CCOCC3)c1)N=C1C2C(=O)N(C)C(=O)N1C. The summed E-state index contributed by atoms with van der Waals surface area (Å²) in [5.41, 5.74) is 1.82. The Kier molecular flexibility index (Phi) is 5.18. The molecule has 0 bridgehead atoms. The van der Waals surface area contributed by atoms with Gasteiger partial charge in [0, 0.05) is 39.8 Å². The molecule has 10 nitrogen and oxygen atoms in total. The van der Waals surface area contributed by atoms with E-state index in [9.17, 15) is 9.59 Å². The Balaban J connectivity index is 1.40. The molecule has 0 saturated carbocycles. The van der Waals surface area contributed by atoms with E-state index in [2.05, 4.69) is 9.89 Å². The predicted octanol–water partition coefficient (Wildman–Crippen LogP) is 0.893. The quantitative estimate of drug-likeness (QED) is 0.647. The third-order valence-corrected chi connectivity index (χ3v) is 6.18. The molecule has 10 heteroatoms. The number of amidine groups is 1. The van der Waals surface area contributed by atoms with Crippen LogP contribution in [-0.2, 0) is 9.53 Å². The Morgan fingerprint density at radius 2 is 1.97 bits per heavy atom. The van der Waals surface area contributed by atoms with Crippen molar-refractivity contribution in [2.45, 2.75) is 13.0 Å². The molecule has 5 rings (SSSR count). The molecule has 32 heavy (non-hydrogen) atoms. The first-order valence-corrected chi connectivity index (χ1v) is 10.8. The number of carbonyl (C=O) groups is 2. The number of amides is 3. The first-order chi connectivity index (χ1) is 15.5. The number of aliphatic imine (C=N–C) groups is 1. The van der Waals surface area contributed by atoms with Crippen molar-refractivity contribution in [2.24, 2.45) is 4.99 Å². The van der Waals surface area contributed by atoms with Gasteiger partial charge in [-0.3, -0.25) is 19.5 Å². The van der Waals surface area contributed by atoms with Crippen molar-refractivity contribution in [3.05, 3.63) is 36.2 Å². The fourth-order valence-corrected chi connectivity index (χ4v) is 4.41. The lowest BCUT2D eigenvalue weighted by Crippen LogP contribution is -2.61. The summed E-state index contributed by atoms with van der Waals surface area (Å²) < 4.78 is 15.2. The maximum atomic E-state index is 12.8. The summed E-state index contributed by atoms with van der Waals surface area (Å²) in [5.74, 6) is 1.54. The van der Waals surface area contributed by atoms with Crippen LogP contribution in [0.25, 0.3) is 5.69 Å². The number of ether oxygens (including phenoxy) is 2. The third-order valence-electron chi connectivity index (χ3n) is 6.18. The molecule has 3 aliphatic heterocycles. The van der Waals surface area contributed by atoms with E-state index in [1.54, 1.807) is 7.05 Å². The van der Waals surface area contributed by atoms with E-state index < -0.39 is 6.04 Å². The van der Waals surface area contributed by atoms with Crippen LogP contribution in [0.2, 0.25) is 0 Å². The number of hydrogen-bond donors (Lipinski definition) is 0. The number of nitrogens with zero attached hydrogens (tertiary/aromatic N) is 6. The molecular weight excluding hydrogens is 412 g/mol. The van der Waals surface area contributed by atoms with Gasteiger partial charge in [-0.25, -0.2) is 9.36 Å². The fraction of sp³-hybridized carbons (Fsp3) is 0.455. The zero-order valence-corrected chi connectivity index (χ0v) is 18.5. The monoisotopic (exact) mass is 439 g/mol. The number of morpholine rings is 1. The molecule has 1 atom stereocenters. The smallest absolute Gasteiger partial charge is 0.406 e. The molecule has 2 aromatic rings. The van der Waals surface area contributed by atoms with E-state index in [1.807, 2.05) is 46.5 Å². The Labute approximate surface area is 186 Å². The van der Waals surface area contributed by atoms with Crippen molar-refractivity contribution in [3.8, 4) is 11.4 Å². The largest absolute Gasteiger partial charge is 0.492 e. The van der Waals surface area contributed by atoms with Crippen LogP contribution in [0.15, 0.2) is 35.5 Å². The minimum absolute atomic E-state index is 0.284. The van der Waals surface area contributed by atoms with E-state index in [0.717, 1.165) is 54.9 Å². The topological polar surface area (TPSA) is 83.5 Å². The zero-order chi connectivity index (χ0) is 22.4. The van der Waals surface area contributed by atoms with Gasteiger partial charge in [0.2, 0.25) is 11.9 Å². The lowest BCUT2D eigenvalue weighted by atomic mass is 10.2. The highest BCUT2D eigenvalue weighted by atomic mass is 16.5. The van der Waals surface area contributed by atoms with E-state index >= 15 is 0 Å². The highest BCUT2D eigenvalue weighted by Crippen LogP contribution is 2.31. The van der Waals surface area contributed by atoms with Crippen LogP contribution in [-0.4, -0.2) is 90.6 Å². The molecule has 0 N–H and O–H groups in total. The summed E-state index contributed by atoms with van der Waals surface area (Å²) in [7, 11) is 3.14. The number of fused-ring (bicyclic) bond motifs is 3. The predicted molar refractivity (Wildman–Crippen MR) is 116 cm³/mol. The fourth-order valence-electron chi connectivity index (χ4n) is 4.41. The van der Waals surface area contributed by atoms with Gasteiger partial charge < -0.3 is 9.47 Å². The third kappa shape index (κ3) is 3.35. The molecule has 3 amide bonds. The summed E-state index contributed by atoms with van der Waals surface area (Å²) >= 11 is 0. The number of benzene rings is 1. The van der Waals surface area contributed by atoms with Gasteiger partial charge in [0.1, 0.15) is 29.9 Å². The van der Waals surface area contributed by atoms with Crippen molar-refractivity contribution in [2.75, 3.05) is 53.6 Å². The number of hydrogen-bond acceptors (Lipinski definition) is 6. The molecule has 0 radical (unpaired) electrons. The van der Waals surface area contributed by atoms with Crippen molar-refractivity contribution in [1.29, 1.82) is 0 Å². The number of urea groups is 1. The second-order valence-electron chi connectivity index (χ2n) is 8.22. The van der Waals surface area contributed by atoms with Gasteiger partial charge in [-0.15, -0.1) is 0 Å². The van der Waals surface area contributed by atoms with Crippen molar-refractivity contribution in [3.63, 3.8) is 0 Å². The normalized spacial score (nSPS) is 21.0. The molecule has 168 valence electrons. The Hall–Kier alpha value is -3.24. The second-order valence-corrected chi connectivity index (χ2v) is 8.22. The minimum atomic E-state index is -0.634. The maximum Gasteiger partial charge on any atom is 0.406 e. The highest BCUT2D eigenvalue weighted by molar-refractivity contribution is 6.18. The average Bonchev–Trinajstić information content (AvgIpc) is 3.31. The molecular formula is C22H27N6O4+. The number of imidazole rings is 1. The van der Waals surface area contributed by atoms with Crippen LogP contribution in [0.1, 0.15) is 11.7 Å². The molecule has 4 heterocycles. The number of rotatable bonds is 5. The first kappa shape index (κ1) is 20.7. The molecule has 3 aliphatic rings. The molecule has 2 fully saturated rings. The summed E-state index contributed by atoms with van der Waals surface area (Å²) in [6, 6.07) is 6.82. The molecule has 1 aromatic carbocycles. The first-order valence-electron chi connectivity index (χ1n) is 10.8. The van der Waals surface area contributed by atoms with Crippen LogP contribution < -0.4 is 9.30 Å². The van der Waals surface area contributed by atoms with Gasteiger partial charge >= 0.3 is 12.0 Å². The molecule has 0 aliphatic carbocycles. The number of likely N-dealkylation sites (N-methyl/N-ethyl adjacent to an activating group) is 2. The lowest BCUT2D eigenvalue weighted by Gasteiger charge is -2.30. The van der Waals surface area contributed by atoms with E-state index in [1.165, 1.54) is 11.9 Å². The summed E-state index contributed by atoms with van der Waals surface area (Å²) in [5, 5.41) is 0. The van der Waals surface area contributed by atoms with E-state index in [0.29, 0.717) is 18.4 Å². The molecule has 2 saturated heterocycles. The highest BCUT2D eigenvalue weighted by Gasteiger charge is 2.52. The van der Waals surface area contributed by atoms with Crippen LogP contribution in [0.3, 0.4) is 0 Å². The molecule has 0 spiro atoms. The van der Waals surface area contributed by atoms with Gasteiger partial charge in [0.15, 0.2) is 0 Å². The molecule has 1 unspecified atom stereocenters. The standard InChI is InChI=1S/C22H27N6O4/c1-15-14-27-18-19(24(2)22(30)25(3)20(18)29)23-21(27)28(15)16-5-4-6-17(13-16)32-12-9-26-7-10-31-11-8-26/h4-6,13-14,18H,7-12H2,1-3H3/q+1. The lowest BCUT2D eigenvalue weighted by molar-refractivity contribution is -0.676. The second kappa shape index (κ2) is 8.03. The van der Waals surface area contributed by atoms with Crippen LogP contribution in [0.4, 0.5) is 10.7 Å². The van der Waals surface area contributed by atoms with Gasteiger partial charge in [0.25, 0.3) is 5.91 Å². The number of aromatic nitrogens is 2. The summed E-state index contributed by atoms with van der Waals surface area (Å²) in [6.45, 7) is 6.83. The molecule has 1 aromatic heterocycles. The maximum absolute atomic E-state index is 12.8. The number of carbonyl (C=O) groups excluding carboxylic acids is 2. The summed E-state index contributed by atoms with van der Waals surface area (Å²) in [6.07, 6.45) is 1.90. The Morgan fingerprint density at radius 1 is 1.19 bits per heavy atom. The van der Waals surface area contributed by atoms with Crippen LogP contribution in [0.5, 0.6) is 5.75 Å². The summed E-state index contributed by atoms with van der Waals surface area (Å²) in [4.78, 5) is 34.7. The van der Waals surface area contributed by atoms with Gasteiger partial charge in [-0.2, -0.15) is 4.57 Å². The average molecular weight is 439 g/mol.